The minimum atomic E-state index is 0.324. The van der Waals surface area contributed by atoms with Gasteiger partial charge in [-0.2, -0.15) is 0 Å². The van der Waals surface area contributed by atoms with E-state index in [0.717, 1.165) is 33.9 Å². The lowest BCUT2D eigenvalue weighted by Gasteiger charge is -2.33. The van der Waals surface area contributed by atoms with Crippen molar-refractivity contribution in [2.24, 2.45) is 0 Å². The van der Waals surface area contributed by atoms with Crippen LogP contribution in [-0.2, 0) is 0 Å². The van der Waals surface area contributed by atoms with Gasteiger partial charge >= 0.3 is 0 Å². The fraction of sp³-hybridized carbons (Fsp3) is 0.714. The van der Waals surface area contributed by atoms with Crippen LogP contribution in [0.3, 0.4) is 0 Å². The Labute approximate surface area is 130 Å². The van der Waals surface area contributed by atoms with Gasteiger partial charge in [0.1, 0.15) is 0 Å². The molecule has 2 nitrogen and oxygen atoms in total. The van der Waals surface area contributed by atoms with Gasteiger partial charge in [-0.1, -0.05) is 36.5 Å². The summed E-state index contributed by atoms with van der Waals surface area (Å²) in [5.74, 6) is 0. The van der Waals surface area contributed by atoms with Crippen LogP contribution in [0.4, 0.5) is 0 Å². The van der Waals surface area contributed by atoms with E-state index in [1.165, 1.54) is 30.6 Å². The van der Waals surface area contributed by atoms with Gasteiger partial charge in [-0.15, -0.1) is 11.3 Å². The topological polar surface area (TPSA) is 15.3 Å². The van der Waals surface area contributed by atoms with Gasteiger partial charge in [-0.05, 0) is 38.9 Å². The number of rotatable bonds is 5. The highest BCUT2D eigenvalue weighted by Crippen LogP contribution is 2.37. The Kier molecular flexibility index (Phi) is 5.97. The Morgan fingerprint density at radius 3 is 2.79 bits per heavy atom. The molecule has 1 aromatic rings. The maximum atomic E-state index is 6.28. The summed E-state index contributed by atoms with van der Waals surface area (Å²) < 4.78 is 1.60. The van der Waals surface area contributed by atoms with Crippen molar-refractivity contribution in [3.63, 3.8) is 0 Å². The van der Waals surface area contributed by atoms with E-state index in [1.807, 2.05) is 6.07 Å². The van der Waals surface area contributed by atoms with Crippen LogP contribution in [0.2, 0.25) is 8.67 Å². The zero-order valence-electron chi connectivity index (χ0n) is 11.6. The van der Waals surface area contributed by atoms with Crippen molar-refractivity contribution >= 4 is 34.5 Å². The Hall–Kier alpha value is 0.200. The van der Waals surface area contributed by atoms with Crippen LogP contribution in [0.15, 0.2) is 6.07 Å². The lowest BCUT2D eigenvalue weighted by Crippen LogP contribution is -2.44. The van der Waals surface area contributed by atoms with Gasteiger partial charge in [-0.3, -0.25) is 4.90 Å². The van der Waals surface area contributed by atoms with Gasteiger partial charge in [0.05, 0.1) is 8.67 Å². The van der Waals surface area contributed by atoms with E-state index in [4.69, 9.17) is 23.2 Å². The summed E-state index contributed by atoms with van der Waals surface area (Å²) in [5, 5.41) is 3.61. The molecule has 2 unspecified atom stereocenters. The van der Waals surface area contributed by atoms with Gasteiger partial charge in [0.2, 0.25) is 0 Å². The van der Waals surface area contributed by atoms with Gasteiger partial charge in [0.25, 0.3) is 0 Å². The average molecular weight is 321 g/mol. The first-order valence-corrected chi connectivity index (χ1v) is 8.61. The molecular weight excluding hydrogens is 299 g/mol. The fourth-order valence-electron chi connectivity index (χ4n) is 2.76. The molecule has 1 aliphatic heterocycles. The van der Waals surface area contributed by atoms with Crippen LogP contribution in [0.25, 0.3) is 0 Å². The van der Waals surface area contributed by atoms with E-state index >= 15 is 0 Å². The standard InChI is InChI=1S/C14H22Cl2N2S/c1-3-18(9-11-6-4-5-7-17-11)10(2)12-8-13(15)19-14(12)16/h8,10-11,17H,3-7,9H2,1-2H3. The molecule has 2 heterocycles. The summed E-state index contributed by atoms with van der Waals surface area (Å²) in [6, 6.07) is 2.95. The molecule has 0 radical (unpaired) electrons. The van der Waals surface area contributed by atoms with E-state index < -0.39 is 0 Å². The van der Waals surface area contributed by atoms with Crippen LogP contribution < -0.4 is 5.32 Å². The first-order valence-electron chi connectivity index (χ1n) is 7.04. The number of nitrogens with one attached hydrogen (secondary N) is 1. The predicted molar refractivity (Wildman–Crippen MR) is 85.6 cm³/mol. The number of thiophene rings is 1. The average Bonchev–Trinajstić information content (AvgIpc) is 2.75. The molecule has 1 aliphatic rings. The Bertz CT molecular complexity index is 402. The predicted octanol–water partition coefficient (Wildman–Crippen LogP) is 4.58. The van der Waals surface area contributed by atoms with Crippen LogP contribution in [0, 0.1) is 0 Å². The van der Waals surface area contributed by atoms with Crippen molar-refractivity contribution in [1.82, 2.24) is 10.2 Å². The highest BCUT2D eigenvalue weighted by molar-refractivity contribution is 7.20. The molecule has 19 heavy (non-hydrogen) atoms. The van der Waals surface area contributed by atoms with Crippen LogP contribution in [-0.4, -0.2) is 30.6 Å². The molecule has 0 amide bonds. The molecule has 2 atom stereocenters. The molecule has 0 spiro atoms. The van der Waals surface area contributed by atoms with Crippen molar-refractivity contribution in [3.8, 4) is 0 Å². The minimum absolute atomic E-state index is 0.324. The summed E-state index contributed by atoms with van der Waals surface area (Å²) in [4.78, 5) is 2.48. The van der Waals surface area contributed by atoms with Crippen LogP contribution in [0.1, 0.15) is 44.7 Å². The smallest absolute Gasteiger partial charge is 0.0991 e. The maximum Gasteiger partial charge on any atom is 0.0991 e. The largest absolute Gasteiger partial charge is 0.313 e. The molecule has 1 fully saturated rings. The highest BCUT2D eigenvalue weighted by atomic mass is 35.5. The molecule has 0 saturated carbocycles. The van der Waals surface area contributed by atoms with Gasteiger partial charge < -0.3 is 5.32 Å². The van der Waals surface area contributed by atoms with E-state index in [1.54, 1.807) is 0 Å². The molecule has 108 valence electrons. The van der Waals surface area contributed by atoms with Crippen molar-refractivity contribution in [1.29, 1.82) is 0 Å². The fourth-order valence-corrected chi connectivity index (χ4v) is 4.39. The minimum Gasteiger partial charge on any atom is -0.313 e. The summed E-state index contributed by atoms with van der Waals surface area (Å²) >= 11 is 13.8. The number of hydrogen-bond donors (Lipinski definition) is 1. The van der Waals surface area contributed by atoms with Gasteiger partial charge in [-0.25, -0.2) is 0 Å². The Morgan fingerprint density at radius 1 is 1.47 bits per heavy atom. The number of halogens is 2. The number of piperidine rings is 1. The number of hydrogen-bond acceptors (Lipinski definition) is 3. The Balaban J connectivity index is 2.01. The van der Waals surface area contributed by atoms with Crippen molar-refractivity contribution in [2.75, 3.05) is 19.6 Å². The summed E-state index contributed by atoms with van der Waals surface area (Å²) in [7, 11) is 0. The molecule has 5 heteroatoms. The second kappa shape index (κ2) is 7.28. The quantitative estimate of drug-likeness (QED) is 0.854. The zero-order valence-corrected chi connectivity index (χ0v) is 13.9. The van der Waals surface area contributed by atoms with E-state index in [-0.39, 0.29) is 0 Å². The van der Waals surface area contributed by atoms with Gasteiger partial charge in [0.15, 0.2) is 0 Å². The highest BCUT2D eigenvalue weighted by Gasteiger charge is 2.22. The van der Waals surface area contributed by atoms with Crippen molar-refractivity contribution < 1.29 is 0 Å². The molecule has 0 aliphatic carbocycles. The van der Waals surface area contributed by atoms with E-state index in [0.29, 0.717) is 12.1 Å². The molecule has 1 aromatic heterocycles. The third kappa shape index (κ3) is 4.08. The lowest BCUT2D eigenvalue weighted by molar-refractivity contribution is 0.185. The zero-order chi connectivity index (χ0) is 13.8. The molecule has 0 bridgehead atoms. The van der Waals surface area contributed by atoms with Gasteiger partial charge in [0, 0.05) is 24.2 Å². The summed E-state index contributed by atoms with van der Waals surface area (Å²) in [5.41, 5.74) is 1.16. The van der Waals surface area contributed by atoms with Crippen molar-refractivity contribution in [3.05, 3.63) is 20.3 Å². The number of nitrogens with zero attached hydrogens (tertiary/aromatic N) is 1. The summed E-state index contributed by atoms with van der Waals surface area (Å²) in [6.07, 6.45) is 3.93. The van der Waals surface area contributed by atoms with Crippen molar-refractivity contribution in [2.45, 2.75) is 45.2 Å². The maximum absolute atomic E-state index is 6.28. The third-order valence-electron chi connectivity index (χ3n) is 3.95. The molecule has 2 rings (SSSR count). The van der Waals surface area contributed by atoms with E-state index in [2.05, 4.69) is 24.1 Å². The third-order valence-corrected chi connectivity index (χ3v) is 5.47. The molecule has 1 saturated heterocycles. The first kappa shape index (κ1) is 15.6. The van der Waals surface area contributed by atoms with E-state index in [9.17, 15) is 0 Å². The monoisotopic (exact) mass is 320 g/mol. The normalized spacial score (nSPS) is 21.8. The van der Waals surface area contributed by atoms with Crippen LogP contribution >= 0.6 is 34.5 Å². The SMILES string of the molecule is CCN(CC1CCCCN1)C(C)c1cc(Cl)sc1Cl. The first-order chi connectivity index (χ1) is 9.11. The number of likely N-dealkylation sites (N-methyl/N-ethyl adjacent to an activating group) is 1. The van der Waals surface area contributed by atoms with Crippen LogP contribution in [0.5, 0.6) is 0 Å². The summed E-state index contributed by atoms with van der Waals surface area (Å²) in [6.45, 7) is 7.70. The molecule has 1 N–H and O–H groups in total. The lowest BCUT2D eigenvalue weighted by atomic mass is 10.0. The molecule has 0 aromatic carbocycles. The second-order valence-corrected chi connectivity index (χ2v) is 7.48. The second-order valence-electron chi connectivity index (χ2n) is 5.19. The molecular formula is C14H22Cl2N2S. The Morgan fingerprint density at radius 2 is 2.26 bits per heavy atom.